The van der Waals surface area contributed by atoms with E-state index in [9.17, 15) is 0 Å². The molecular weight excluding hydrogens is 212 g/mol. The average molecular weight is 228 g/mol. The Bertz CT molecular complexity index is 452. The fourth-order valence-electron chi connectivity index (χ4n) is 1.44. The van der Waals surface area contributed by atoms with Crippen molar-refractivity contribution in [1.29, 1.82) is 10.5 Å². The van der Waals surface area contributed by atoms with E-state index in [-0.39, 0.29) is 5.41 Å². The van der Waals surface area contributed by atoms with Gasteiger partial charge in [0.2, 0.25) is 0 Å². The minimum absolute atomic E-state index is 0.307. The van der Waals surface area contributed by atoms with Crippen molar-refractivity contribution >= 4 is 0 Å². The van der Waals surface area contributed by atoms with E-state index >= 15 is 0 Å². The van der Waals surface area contributed by atoms with Crippen molar-refractivity contribution in [2.45, 2.75) is 26.7 Å². The van der Waals surface area contributed by atoms with Crippen LogP contribution >= 0.6 is 0 Å². The zero-order valence-corrected chi connectivity index (χ0v) is 10.2. The standard InChI is InChI=1S/C14H16N2O/c1-14(2,11-16)8-5-9-17-13-7-4-3-6-12(13)10-15/h3-4,6-7H,5,8-9H2,1-2H3. The predicted octanol–water partition coefficient (Wildman–Crippen LogP) is 3.27. The highest BCUT2D eigenvalue weighted by Gasteiger charge is 2.15. The van der Waals surface area contributed by atoms with Crippen LogP contribution in [0.15, 0.2) is 24.3 Å². The number of hydrogen-bond donors (Lipinski definition) is 0. The number of rotatable bonds is 5. The molecule has 0 atom stereocenters. The van der Waals surface area contributed by atoms with Crippen molar-refractivity contribution in [3.05, 3.63) is 29.8 Å². The molecule has 0 N–H and O–H groups in total. The maximum Gasteiger partial charge on any atom is 0.137 e. The van der Waals surface area contributed by atoms with Crippen LogP contribution in [0.5, 0.6) is 5.75 Å². The SMILES string of the molecule is CC(C)(C#N)CCCOc1ccccc1C#N. The van der Waals surface area contributed by atoms with Gasteiger partial charge in [0.05, 0.1) is 23.7 Å². The van der Waals surface area contributed by atoms with Crippen molar-refractivity contribution in [2.24, 2.45) is 5.41 Å². The van der Waals surface area contributed by atoms with Crippen LogP contribution in [-0.2, 0) is 0 Å². The molecule has 3 nitrogen and oxygen atoms in total. The van der Waals surface area contributed by atoms with Gasteiger partial charge in [-0.25, -0.2) is 0 Å². The topological polar surface area (TPSA) is 56.8 Å². The van der Waals surface area contributed by atoms with Crippen LogP contribution in [0.2, 0.25) is 0 Å². The lowest BCUT2D eigenvalue weighted by Crippen LogP contribution is -2.10. The predicted molar refractivity (Wildman–Crippen MR) is 65.3 cm³/mol. The summed E-state index contributed by atoms with van der Waals surface area (Å²) in [5.74, 6) is 0.616. The molecule has 0 aromatic heterocycles. The van der Waals surface area contributed by atoms with Crippen LogP contribution in [0.3, 0.4) is 0 Å². The Labute approximate surface area is 102 Å². The summed E-state index contributed by atoms with van der Waals surface area (Å²) in [5.41, 5.74) is 0.241. The first-order chi connectivity index (χ1) is 8.09. The molecule has 88 valence electrons. The molecule has 0 heterocycles. The minimum Gasteiger partial charge on any atom is -0.492 e. The molecule has 0 spiro atoms. The van der Waals surface area contributed by atoms with Crippen molar-refractivity contribution in [1.82, 2.24) is 0 Å². The Kier molecular flexibility index (Phi) is 4.55. The molecule has 0 aliphatic heterocycles. The van der Waals surface area contributed by atoms with Gasteiger partial charge in [0.25, 0.3) is 0 Å². The fraction of sp³-hybridized carbons (Fsp3) is 0.429. The number of hydrogen-bond acceptors (Lipinski definition) is 3. The number of nitrogens with zero attached hydrogens (tertiary/aromatic N) is 2. The summed E-state index contributed by atoms with van der Waals surface area (Å²) in [6, 6.07) is 11.5. The molecule has 0 saturated carbocycles. The Morgan fingerprint density at radius 2 is 1.94 bits per heavy atom. The molecule has 1 aromatic carbocycles. The van der Waals surface area contributed by atoms with E-state index in [2.05, 4.69) is 12.1 Å². The maximum absolute atomic E-state index is 8.87. The molecule has 0 bridgehead atoms. The second kappa shape index (κ2) is 5.92. The molecule has 0 saturated heterocycles. The summed E-state index contributed by atoms with van der Waals surface area (Å²) in [6.45, 7) is 4.36. The Morgan fingerprint density at radius 3 is 2.59 bits per heavy atom. The maximum atomic E-state index is 8.87. The number of para-hydroxylation sites is 1. The smallest absolute Gasteiger partial charge is 0.137 e. The average Bonchev–Trinajstić information content (AvgIpc) is 2.35. The molecule has 1 aromatic rings. The van der Waals surface area contributed by atoms with Gasteiger partial charge >= 0.3 is 0 Å². The van der Waals surface area contributed by atoms with Gasteiger partial charge in [-0.15, -0.1) is 0 Å². The quantitative estimate of drug-likeness (QED) is 0.727. The van der Waals surface area contributed by atoms with Crippen molar-refractivity contribution in [2.75, 3.05) is 6.61 Å². The first-order valence-corrected chi connectivity index (χ1v) is 5.62. The summed E-state index contributed by atoms with van der Waals surface area (Å²) in [4.78, 5) is 0. The molecule has 0 radical (unpaired) electrons. The van der Waals surface area contributed by atoms with E-state index < -0.39 is 0 Å². The van der Waals surface area contributed by atoms with Crippen LogP contribution in [0.25, 0.3) is 0 Å². The van der Waals surface area contributed by atoms with E-state index in [1.54, 1.807) is 12.1 Å². The van der Waals surface area contributed by atoms with E-state index in [0.29, 0.717) is 17.9 Å². The first-order valence-electron chi connectivity index (χ1n) is 5.62. The number of ether oxygens (including phenoxy) is 1. The normalized spacial score (nSPS) is 10.4. The van der Waals surface area contributed by atoms with E-state index in [0.717, 1.165) is 12.8 Å². The zero-order chi connectivity index (χ0) is 12.7. The van der Waals surface area contributed by atoms with Crippen LogP contribution in [0.1, 0.15) is 32.3 Å². The Morgan fingerprint density at radius 1 is 1.24 bits per heavy atom. The Hall–Kier alpha value is -2.00. The molecule has 0 amide bonds. The van der Waals surface area contributed by atoms with Gasteiger partial charge in [0.15, 0.2) is 0 Å². The number of nitriles is 2. The molecule has 0 aliphatic rings. The summed E-state index contributed by atoms with van der Waals surface area (Å²) >= 11 is 0. The molecular formula is C14H16N2O. The van der Waals surface area contributed by atoms with E-state index in [1.165, 1.54) is 0 Å². The van der Waals surface area contributed by atoms with Gasteiger partial charge in [-0.3, -0.25) is 0 Å². The van der Waals surface area contributed by atoms with Gasteiger partial charge in [-0.1, -0.05) is 12.1 Å². The lowest BCUT2D eigenvalue weighted by atomic mass is 9.90. The summed E-state index contributed by atoms with van der Waals surface area (Å²) in [5, 5.41) is 17.7. The van der Waals surface area contributed by atoms with Crippen LogP contribution in [0, 0.1) is 28.1 Å². The molecule has 0 aliphatic carbocycles. The molecule has 3 heteroatoms. The highest BCUT2D eigenvalue weighted by Crippen LogP contribution is 2.22. The number of benzene rings is 1. The van der Waals surface area contributed by atoms with Crippen molar-refractivity contribution in [3.63, 3.8) is 0 Å². The third kappa shape index (κ3) is 4.17. The van der Waals surface area contributed by atoms with Crippen LogP contribution in [-0.4, -0.2) is 6.61 Å². The summed E-state index contributed by atoms with van der Waals surface area (Å²) in [6.07, 6.45) is 1.60. The van der Waals surface area contributed by atoms with Gasteiger partial charge in [-0.05, 0) is 38.8 Å². The van der Waals surface area contributed by atoms with Crippen molar-refractivity contribution in [3.8, 4) is 17.9 Å². The lowest BCUT2D eigenvalue weighted by Gasteiger charge is -2.14. The second-order valence-corrected chi connectivity index (χ2v) is 4.56. The molecule has 0 fully saturated rings. The van der Waals surface area contributed by atoms with E-state index in [4.69, 9.17) is 15.3 Å². The van der Waals surface area contributed by atoms with Gasteiger partial charge in [0, 0.05) is 0 Å². The monoisotopic (exact) mass is 228 g/mol. The first kappa shape index (κ1) is 13.1. The van der Waals surface area contributed by atoms with Gasteiger partial charge < -0.3 is 4.74 Å². The highest BCUT2D eigenvalue weighted by molar-refractivity contribution is 5.42. The summed E-state index contributed by atoms with van der Waals surface area (Å²) in [7, 11) is 0. The zero-order valence-electron chi connectivity index (χ0n) is 10.2. The summed E-state index contributed by atoms with van der Waals surface area (Å²) < 4.78 is 5.54. The Balaban J connectivity index is 2.43. The van der Waals surface area contributed by atoms with Gasteiger partial charge in [0.1, 0.15) is 11.8 Å². The fourth-order valence-corrected chi connectivity index (χ4v) is 1.44. The van der Waals surface area contributed by atoms with Crippen LogP contribution in [0.4, 0.5) is 0 Å². The molecule has 1 rings (SSSR count). The van der Waals surface area contributed by atoms with Gasteiger partial charge in [-0.2, -0.15) is 10.5 Å². The van der Waals surface area contributed by atoms with Crippen molar-refractivity contribution < 1.29 is 4.74 Å². The van der Waals surface area contributed by atoms with E-state index in [1.807, 2.05) is 26.0 Å². The highest BCUT2D eigenvalue weighted by atomic mass is 16.5. The lowest BCUT2D eigenvalue weighted by molar-refractivity contribution is 0.283. The van der Waals surface area contributed by atoms with Crippen LogP contribution < -0.4 is 4.74 Å². The minimum atomic E-state index is -0.307. The molecule has 0 unspecified atom stereocenters. The largest absolute Gasteiger partial charge is 0.492 e. The molecule has 17 heavy (non-hydrogen) atoms. The third-order valence-electron chi connectivity index (χ3n) is 2.51. The second-order valence-electron chi connectivity index (χ2n) is 4.56. The third-order valence-corrected chi connectivity index (χ3v) is 2.51.